The second-order valence-electron chi connectivity index (χ2n) is 3.65. The van der Waals surface area contributed by atoms with Crippen molar-refractivity contribution in [2.45, 2.75) is 0 Å². The number of rotatable bonds is 4. The fourth-order valence-electron chi connectivity index (χ4n) is 1.42. The Labute approximate surface area is 113 Å². The smallest absolute Gasteiger partial charge is 0.397 e. The van der Waals surface area contributed by atoms with E-state index in [0.717, 1.165) is 11.6 Å². The summed E-state index contributed by atoms with van der Waals surface area (Å²) in [5.41, 5.74) is 0.752. The quantitative estimate of drug-likeness (QED) is 0.369. The molecule has 1 aromatic carbocycles. The minimum absolute atomic E-state index is 0.0787. The second-order valence-corrected chi connectivity index (χ2v) is 4.08. The summed E-state index contributed by atoms with van der Waals surface area (Å²) in [5.74, 6) is -0.988. The van der Waals surface area contributed by atoms with E-state index < -0.39 is 16.6 Å². The van der Waals surface area contributed by atoms with Crippen molar-refractivity contribution in [1.82, 2.24) is 0 Å². The Morgan fingerprint density at radius 2 is 2.11 bits per heavy atom. The SMILES string of the molecule is O=C(/C=C/c1cccc(Cl)c1)c1ccc([N+](=O)[O-])o1. The predicted molar refractivity (Wildman–Crippen MR) is 70.2 cm³/mol. The van der Waals surface area contributed by atoms with Gasteiger partial charge in [0, 0.05) is 5.02 Å². The van der Waals surface area contributed by atoms with E-state index in [4.69, 9.17) is 16.0 Å². The van der Waals surface area contributed by atoms with Crippen LogP contribution in [0.25, 0.3) is 6.08 Å². The summed E-state index contributed by atoms with van der Waals surface area (Å²) in [6, 6.07) is 9.35. The van der Waals surface area contributed by atoms with E-state index in [1.54, 1.807) is 30.3 Å². The Bertz CT molecular complexity index is 660. The molecule has 6 heteroatoms. The number of halogens is 1. The van der Waals surface area contributed by atoms with E-state index in [1.807, 2.05) is 0 Å². The van der Waals surface area contributed by atoms with Crippen LogP contribution in [-0.4, -0.2) is 10.7 Å². The molecule has 2 aromatic rings. The third kappa shape index (κ3) is 3.29. The zero-order valence-corrected chi connectivity index (χ0v) is 10.3. The highest BCUT2D eigenvalue weighted by Crippen LogP contribution is 2.17. The molecule has 0 aliphatic heterocycles. The van der Waals surface area contributed by atoms with Crippen molar-refractivity contribution in [3.63, 3.8) is 0 Å². The van der Waals surface area contributed by atoms with Gasteiger partial charge in [0.1, 0.15) is 4.92 Å². The summed E-state index contributed by atoms with van der Waals surface area (Å²) >= 11 is 5.80. The van der Waals surface area contributed by atoms with E-state index in [0.29, 0.717) is 5.02 Å². The lowest BCUT2D eigenvalue weighted by Gasteiger charge is -1.93. The lowest BCUT2D eigenvalue weighted by molar-refractivity contribution is -0.402. The van der Waals surface area contributed by atoms with Crippen LogP contribution in [0, 0.1) is 10.1 Å². The zero-order valence-electron chi connectivity index (χ0n) is 9.58. The van der Waals surface area contributed by atoms with Gasteiger partial charge < -0.3 is 4.42 Å². The van der Waals surface area contributed by atoms with Gasteiger partial charge in [-0.15, -0.1) is 0 Å². The number of nitrogens with zero attached hydrogens (tertiary/aromatic N) is 1. The monoisotopic (exact) mass is 277 g/mol. The van der Waals surface area contributed by atoms with Crippen LogP contribution in [0.4, 0.5) is 5.88 Å². The van der Waals surface area contributed by atoms with Gasteiger partial charge in [0.05, 0.1) is 6.07 Å². The van der Waals surface area contributed by atoms with Gasteiger partial charge in [-0.3, -0.25) is 14.9 Å². The molecular weight excluding hydrogens is 270 g/mol. The van der Waals surface area contributed by atoms with Gasteiger partial charge in [0.25, 0.3) is 0 Å². The molecule has 1 aromatic heterocycles. The number of furan rings is 1. The molecule has 0 N–H and O–H groups in total. The summed E-state index contributed by atoms with van der Waals surface area (Å²) < 4.78 is 4.79. The number of nitro groups is 1. The van der Waals surface area contributed by atoms with E-state index >= 15 is 0 Å². The largest absolute Gasteiger partial charge is 0.433 e. The Morgan fingerprint density at radius 3 is 2.74 bits per heavy atom. The van der Waals surface area contributed by atoms with Crippen LogP contribution >= 0.6 is 11.6 Å². The average molecular weight is 278 g/mol. The standard InChI is InChI=1S/C13H8ClNO4/c14-10-3-1-2-9(8-10)4-5-11(16)12-6-7-13(19-12)15(17)18/h1-8H/b5-4+. The molecule has 0 unspecified atom stereocenters. The minimum Gasteiger partial charge on any atom is -0.397 e. The average Bonchev–Trinajstić information content (AvgIpc) is 2.86. The maximum absolute atomic E-state index is 11.7. The normalized spacial score (nSPS) is 10.8. The van der Waals surface area contributed by atoms with Gasteiger partial charge >= 0.3 is 5.88 Å². The molecule has 0 atom stereocenters. The third-order valence-corrected chi connectivity index (χ3v) is 2.53. The Morgan fingerprint density at radius 1 is 1.32 bits per heavy atom. The number of carbonyl (C=O) groups excluding carboxylic acids is 1. The molecule has 0 saturated heterocycles. The number of carbonyl (C=O) groups is 1. The predicted octanol–water partition coefficient (Wildman–Crippen LogP) is 3.74. The van der Waals surface area contributed by atoms with Crippen molar-refractivity contribution in [3.8, 4) is 0 Å². The summed E-state index contributed by atoms with van der Waals surface area (Å²) in [4.78, 5) is 21.4. The maximum Gasteiger partial charge on any atom is 0.433 e. The topological polar surface area (TPSA) is 73.3 Å². The first-order valence-electron chi connectivity index (χ1n) is 5.28. The highest BCUT2D eigenvalue weighted by atomic mass is 35.5. The number of allylic oxidation sites excluding steroid dienone is 1. The highest BCUT2D eigenvalue weighted by Gasteiger charge is 2.15. The summed E-state index contributed by atoms with van der Waals surface area (Å²) in [5, 5.41) is 11.0. The van der Waals surface area contributed by atoms with Crippen LogP contribution in [0.3, 0.4) is 0 Å². The van der Waals surface area contributed by atoms with Crippen molar-refractivity contribution in [1.29, 1.82) is 0 Å². The number of hydrogen-bond acceptors (Lipinski definition) is 4. The van der Waals surface area contributed by atoms with E-state index in [-0.39, 0.29) is 5.76 Å². The van der Waals surface area contributed by atoms with Crippen LogP contribution in [0.2, 0.25) is 5.02 Å². The van der Waals surface area contributed by atoms with Crippen LogP contribution in [0.1, 0.15) is 16.1 Å². The molecule has 0 saturated carbocycles. The van der Waals surface area contributed by atoms with Crippen molar-refractivity contribution in [3.05, 3.63) is 68.9 Å². The molecule has 0 fully saturated rings. The molecule has 1 heterocycles. The Kier molecular flexibility index (Phi) is 3.77. The van der Waals surface area contributed by atoms with Crippen LogP contribution < -0.4 is 0 Å². The van der Waals surface area contributed by atoms with Crippen molar-refractivity contribution < 1.29 is 14.1 Å². The highest BCUT2D eigenvalue weighted by molar-refractivity contribution is 6.30. The van der Waals surface area contributed by atoms with Gasteiger partial charge in [0.15, 0.2) is 5.76 Å². The van der Waals surface area contributed by atoms with E-state index in [9.17, 15) is 14.9 Å². The molecule has 0 bridgehead atoms. The van der Waals surface area contributed by atoms with Gasteiger partial charge in [-0.25, -0.2) is 0 Å². The first-order valence-corrected chi connectivity index (χ1v) is 5.66. The third-order valence-electron chi connectivity index (χ3n) is 2.29. The fraction of sp³-hybridized carbons (Fsp3) is 0. The summed E-state index contributed by atoms with van der Waals surface area (Å²) in [6.45, 7) is 0. The Balaban J connectivity index is 2.14. The molecule has 0 amide bonds. The van der Waals surface area contributed by atoms with Crippen molar-refractivity contribution in [2.75, 3.05) is 0 Å². The van der Waals surface area contributed by atoms with Gasteiger partial charge in [-0.05, 0) is 29.8 Å². The fourth-order valence-corrected chi connectivity index (χ4v) is 1.62. The zero-order chi connectivity index (χ0) is 13.8. The van der Waals surface area contributed by atoms with E-state index in [2.05, 4.69) is 0 Å². The molecule has 96 valence electrons. The van der Waals surface area contributed by atoms with Gasteiger partial charge in [0.2, 0.25) is 5.78 Å². The molecule has 19 heavy (non-hydrogen) atoms. The Hall–Kier alpha value is -2.40. The number of benzene rings is 1. The van der Waals surface area contributed by atoms with Crippen LogP contribution in [0.15, 0.2) is 46.9 Å². The van der Waals surface area contributed by atoms with E-state index in [1.165, 1.54) is 12.1 Å². The molecule has 0 spiro atoms. The lowest BCUT2D eigenvalue weighted by Crippen LogP contribution is -1.91. The summed E-state index contributed by atoms with van der Waals surface area (Å²) in [6.07, 6.45) is 2.83. The maximum atomic E-state index is 11.7. The molecular formula is C13H8ClNO4. The molecule has 0 aliphatic rings. The molecule has 0 radical (unpaired) electrons. The number of hydrogen-bond donors (Lipinski definition) is 0. The lowest BCUT2D eigenvalue weighted by atomic mass is 10.2. The minimum atomic E-state index is -0.697. The first-order chi connectivity index (χ1) is 9.06. The second kappa shape index (κ2) is 5.49. The number of ketones is 1. The van der Waals surface area contributed by atoms with Crippen LogP contribution in [0.5, 0.6) is 0 Å². The molecule has 2 rings (SSSR count). The van der Waals surface area contributed by atoms with Crippen molar-refractivity contribution >= 4 is 29.3 Å². The summed E-state index contributed by atoms with van der Waals surface area (Å²) in [7, 11) is 0. The van der Waals surface area contributed by atoms with Gasteiger partial charge in [-0.2, -0.15) is 0 Å². The molecule has 5 nitrogen and oxygen atoms in total. The van der Waals surface area contributed by atoms with Crippen molar-refractivity contribution in [2.24, 2.45) is 0 Å². The first kappa shape index (κ1) is 13.0. The molecule has 0 aliphatic carbocycles. The van der Waals surface area contributed by atoms with Crippen LogP contribution in [-0.2, 0) is 0 Å². The van der Waals surface area contributed by atoms with Gasteiger partial charge in [-0.1, -0.05) is 29.8 Å².